The van der Waals surface area contributed by atoms with Crippen molar-refractivity contribution in [3.63, 3.8) is 0 Å². The summed E-state index contributed by atoms with van der Waals surface area (Å²) in [6, 6.07) is 12.0. The fourth-order valence-corrected chi connectivity index (χ4v) is 3.43. The highest BCUT2D eigenvalue weighted by Gasteiger charge is 2.17. The first-order chi connectivity index (χ1) is 13.4. The topological polar surface area (TPSA) is 56.5 Å². The molecule has 0 bridgehead atoms. The van der Waals surface area contributed by atoms with Gasteiger partial charge < -0.3 is 4.74 Å². The van der Waals surface area contributed by atoms with Crippen LogP contribution in [0, 0.1) is 5.82 Å². The van der Waals surface area contributed by atoms with Crippen molar-refractivity contribution in [2.24, 2.45) is 0 Å². The van der Waals surface area contributed by atoms with E-state index in [4.69, 9.17) is 39.5 Å². The van der Waals surface area contributed by atoms with E-state index in [0.29, 0.717) is 21.1 Å². The molecule has 0 amide bonds. The van der Waals surface area contributed by atoms with E-state index in [2.05, 4.69) is 10.1 Å². The Labute approximate surface area is 172 Å². The van der Waals surface area contributed by atoms with Gasteiger partial charge in [0.1, 0.15) is 6.33 Å². The molecule has 0 saturated heterocycles. The van der Waals surface area contributed by atoms with Crippen LogP contribution in [0.25, 0.3) is 16.6 Å². The molecule has 0 N–H and O–H groups in total. The van der Waals surface area contributed by atoms with Gasteiger partial charge in [-0.2, -0.15) is 4.98 Å². The Balaban J connectivity index is 1.84. The van der Waals surface area contributed by atoms with Crippen LogP contribution in [0.4, 0.5) is 4.39 Å². The van der Waals surface area contributed by atoms with Gasteiger partial charge in [0.2, 0.25) is 5.88 Å². The Kier molecular flexibility index (Phi) is 4.93. The summed E-state index contributed by atoms with van der Waals surface area (Å²) in [5, 5.41) is 5.09. The molecule has 9 heteroatoms. The van der Waals surface area contributed by atoms with Gasteiger partial charge in [0.15, 0.2) is 11.6 Å². The predicted molar refractivity (Wildman–Crippen MR) is 106 cm³/mol. The second kappa shape index (κ2) is 7.39. The monoisotopic (exact) mass is 435 g/mol. The van der Waals surface area contributed by atoms with Crippen LogP contribution in [0.5, 0.6) is 11.6 Å². The molecule has 0 unspecified atom stereocenters. The lowest BCUT2D eigenvalue weighted by Gasteiger charge is -2.11. The van der Waals surface area contributed by atoms with Crippen LogP contribution < -0.4 is 10.3 Å². The predicted octanol–water partition coefficient (Wildman–Crippen LogP) is 5.65. The van der Waals surface area contributed by atoms with Crippen LogP contribution in [0.3, 0.4) is 0 Å². The highest BCUT2D eigenvalue weighted by molar-refractivity contribution is 6.39. The molecule has 2 aromatic heterocycles. The number of halogens is 4. The molecule has 0 atom stereocenters. The van der Waals surface area contributed by atoms with Gasteiger partial charge in [-0.05, 0) is 36.4 Å². The van der Waals surface area contributed by atoms with Crippen LogP contribution in [0.2, 0.25) is 15.1 Å². The third kappa shape index (κ3) is 3.42. The summed E-state index contributed by atoms with van der Waals surface area (Å²) >= 11 is 18.2. The Morgan fingerprint density at radius 2 is 1.71 bits per heavy atom. The SMILES string of the molecule is O=c1ncn2nc(Oc3ccc(Cl)cc3F)ccc2c1-c1c(Cl)cccc1Cl. The molecule has 4 aromatic rings. The lowest BCUT2D eigenvalue weighted by molar-refractivity contribution is 0.419. The Morgan fingerprint density at radius 3 is 2.43 bits per heavy atom. The van der Waals surface area contributed by atoms with Crippen molar-refractivity contribution >= 4 is 40.3 Å². The van der Waals surface area contributed by atoms with Crippen LogP contribution >= 0.6 is 34.8 Å². The summed E-state index contributed by atoms with van der Waals surface area (Å²) in [6.45, 7) is 0. The summed E-state index contributed by atoms with van der Waals surface area (Å²) in [6.07, 6.45) is 1.23. The number of fused-ring (bicyclic) bond motifs is 1. The molecule has 0 spiro atoms. The zero-order valence-corrected chi connectivity index (χ0v) is 16.1. The van der Waals surface area contributed by atoms with Gasteiger partial charge in [0.05, 0.1) is 21.1 Å². The largest absolute Gasteiger partial charge is 0.434 e. The van der Waals surface area contributed by atoms with Crippen LogP contribution in [0.15, 0.2) is 59.7 Å². The lowest BCUT2D eigenvalue weighted by atomic mass is 10.1. The van der Waals surface area contributed by atoms with E-state index in [-0.39, 0.29) is 22.2 Å². The van der Waals surface area contributed by atoms with Crippen LogP contribution in [-0.2, 0) is 0 Å². The van der Waals surface area contributed by atoms with E-state index < -0.39 is 11.4 Å². The molecule has 5 nitrogen and oxygen atoms in total. The van der Waals surface area contributed by atoms with Crippen molar-refractivity contribution in [3.8, 4) is 22.8 Å². The molecule has 4 rings (SSSR count). The number of aromatic nitrogens is 3. The fraction of sp³-hybridized carbons (Fsp3) is 0. The molecule has 2 aromatic carbocycles. The minimum absolute atomic E-state index is 0.0420. The summed E-state index contributed by atoms with van der Waals surface area (Å²) in [4.78, 5) is 16.3. The van der Waals surface area contributed by atoms with Gasteiger partial charge in [0.25, 0.3) is 5.56 Å². The van der Waals surface area contributed by atoms with Crippen LogP contribution in [0.1, 0.15) is 0 Å². The van der Waals surface area contributed by atoms with Gasteiger partial charge in [-0.3, -0.25) is 4.79 Å². The Bertz CT molecular complexity index is 1260. The number of nitrogens with zero attached hydrogens (tertiary/aromatic N) is 3. The first-order valence-corrected chi connectivity index (χ1v) is 9.03. The fourth-order valence-electron chi connectivity index (χ4n) is 2.68. The van der Waals surface area contributed by atoms with Gasteiger partial charge in [-0.25, -0.2) is 8.91 Å². The molecule has 2 heterocycles. The molecule has 28 heavy (non-hydrogen) atoms. The second-order valence-electron chi connectivity index (χ2n) is 5.70. The molecule has 0 saturated carbocycles. The van der Waals surface area contributed by atoms with E-state index >= 15 is 0 Å². The van der Waals surface area contributed by atoms with Gasteiger partial charge in [0, 0.05) is 16.7 Å². The highest BCUT2D eigenvalue weighted by atomic mass is 35.5. The molecule has 0 aliphatic rings. The smallest absolute Gasteiger partial charge is 0.281 e. The highest BCUT2D eigenvalue weighted by Crippen LogP contribution is 2.35. The standard InChI is InChI=1S/C19H9Cl3FN3O2/c20-10-4-6-15(13(23)8-10)28-16-7-5-14-18(19(27)24-9-26(14)25-16)17-11(21)2-1-3-12(17)22/h1-9H. The van der Waals surface area contributed by atoms with E-state index in [9.17, 15) is 9.18 Å². The number of rotatable bonds is 3. The molecule has 0 aliphatic carbocycles. The van der Waals surface area contributed by atoms with Crippen molar-refractivity contribution < 1.29 is 9.13 Å². The third-order valence-corrected chi connectivity index (χ3v) is 4.78. The van der Waals surface area contributed by atoms with Crippen molar-refractivity contribution in [3.05, 3.63) is 86.1 Å². The lowest BCUT2D eigenvalue weighted by Crippen LogP contribution is -2.14. The quantitative estimate of drug-likeness (QED) is 0.416. The van der Waals surface area contributed by atoms with Gasteiger partial charge in [-0.15, -0.1) is 5.10 Å². The number of hydrogen-bond donors (Lipinski definition) is 0. The normalized spacial score (nSPS) is 11.0. The van der Waals surface area contributed by atoms with E-state index in [1.54, 1.807) is 24.3 Å². The van der Waals surface area contributed by atoms with E-state index in [1.807, 2.05) is 0 Å². The molecule has 0 fully saturated rings. The molecular weight excluding hydrogens is 428 g/mol. The zero-order valence-electron chi connectivity index (χ0n) is 13.9. The summed E-state index contributed by atoms with van der Waals surface area (Å²) in [5.41, 5.74) is 0.476. The first kappa shape index (κ1) is 18.7. The van der Waals surface area contributed by atoms with E-state index in [1.165, 1.54) is 29.0 Å². The minimum Gasteiger partial charge on any atom is -0.434 e. The maximum atomic E-state index is 14.0. The average Bonchev–Trinajstić information content (AvgIpc) is 2.65. The second-order valence-corrected chi connectivity index (χ2v) is 6.95. The molecule has 0 radical (unpaired) electrons. The summed E-state index contributed by atoms with van der Waals surface area (Å²) in [7, 11) is 0. The maximum absolute atomic E-state index is 14.0. The minimum atomic E-state index is -0.629. The molecular formula is C19H9Cl3FN3O2. The van der Waals surface area contributed by atoms with Gasteiger partial charge in [-0.1, -0.05) is 40.9 Å². The van der Waals surface area contributed by atoms with Crippen molar-refractivity contribution in [2.75, 3.05) is 0 Å². The number of ether oxygens (including phenoxy) is 1. The average molecular weight is 437 g/mol. The summed E-state index contributed by atoms with van der Waals surface area (Å²) < 4.78 is 20.8. The van der Waals surface area contributed by atoms with Crippen LogP contribution in [-0.4, -0.2) is 14.6 Å². The third-order valence-electron chi connectivity index (χ3n) is 3.91. The van der Waals surface area contributed by atoms with Gasteiger partial charge >= 0.3 is 0 Å². The number of hydrogen-bond acceptors (Lipinski definition) is 4. The molecule has 0 aliphatic heterocycles. The first-order valence-electron chi connectivity index (χ1n) is 7.90. The number of benzene rings is 2. The van der Waals surface area contributed by atoms with Crippen molar-refractivity contribution in [1.29, 1.82) is 0 Å². The van der Waals surface area contributed by atoms with E-state index in [0.717, 1.165) is 6.07 Å². The maximum Gasteiger partial charge on any atom is 0.281 e. The van der Waals surface area contributed by atoms with Crippen molar-refractivity contribution in [2.45, 2.75) is 0 Å². The summed E-state index contributed by atoms with van der Waals surface area (Å²) in [5.74, 6) is -0.578. The molecule has 140 valence electrons. The van der Waals surface area contributed by atoms with Crippen molar-refractivity contribution in [1.82, 2.24) is 14.6 Å². The zero-order chi connectivity index (χ0) is 19.8. The Hall–Kier alpha value is -2.67. The Morgan fingerprint density at radius 1 is 0.964 bits per heavy atom.